The number of hydrogen-bond donors (Lipinski definition) is 0. The minimum absolute atomic E-state index is 0.159. The lowest BCUT2D eigenvalue weighted by molar-refractivity contribution is -0.132. The SMILES string of the molecule is CCCCC(=O)N(CCC)Cc1nc(C(=O)OCC)cs1. The van der Waals surface area contributed by atoms with E-state index in [4.69, 9.17) is 4.74 Å². The van der Waals surface area contributed by atoms with E-state index in [1.54, 1.807) is 12.3 Å². The number of carbonyl (C=O) groups excluding carboxylic acids is 2. The second-order valence-corrected chi connectivity index (χ2v) is 5.71. The number of nitrogens with zero attached hydrogens (tertiary/aromatic N) is 2. The summed E-state index contributed by atoms with van der Waals surface area (Å²) in [4.78, 5) is 29.8. The summed E-state index contributed by atoms with van der Waals surface area (Å²) in [6, 6.07) is 0. The third-order valence-corrected chi connectivity index (χ3v) is 3.79. The lowest BCUT2D eigenvalue weighted by Crippen LogP contribution is -2.31. The monoisotopic (exact) mass is 312 g/mol. The van der Waals surface area contributed by atoms with Gasteiger partial charge in [0.05, 0.1) is 13.2 Å². The Labute approximate surface area is 130 Å². The summed E-state index contributed by atoms with van der Waals surface area (Å²) in [5.41, 5.74) is 0.328. The molecule has 0 bridgehead atoms. The molecule has 0 aliphatic carbocycles. The number of unbranched alkanes of at least 4 members (excludes halogenated alkanes) is 1. The summed E-state index contributed by atoms with van der Waals surface area (Å²) < 4.78 is 4.92. The Morgan fingerprint density at radius 3 is 2.67 bits per heavy atom. The van der Waals surface area contributed by atoms with E-state index in [0.717, 1.165) is 30.8 Å². The number of rotatable bonds is 9. The smallest absolute Gasteiger partial charge is 0.357 e. The van der Waals surface area contributed by atoms with Crippen molar-refractivity contribution >= 4 is 23.2 Å². The van der Waals surface area contributed by atoms with E-state index in [0.29, 0.717) is 25.3 Å². The molecule has 0 saturated heterocycles. The normalized spacial score (nSPS) is 10.4. The fourth-order valence-electron chi connectivity index (χ4n) is 1.89. The van der Waals surface area contributed by atoms with Crippen LogP contribution in [0.5, 0.6) is 0 Å². The molecule has 0 aliphatic rings. The van der Waals surface area contributed by atoms with E-state index in [9.17, 15) is 9.59 Å². The number of carbonyl (C=O) groups is 2. The molecular formula is C15H24N2O3S. The molecule has 0 aromatic carbocycles. The minimum atomic E-state index is -0.403. The summed E-state index contributed by atoms with van der Waals surface area (Å²) >= 11 is 1.39. The van der Waals surface area contributed by atoms with Gasteiger partial charge in [0.25, 0.3) is 0 Å². The first kappa shape index (κ1) is 17.6. The van der Waals surface area contributed by atoms with Crippen LogP contribution in [-0.2, 0) is 16.1 Å². The Hall–Kier alpha value is -1.43. The van der Waals surface area contributed by atoms with Crippen LogP contribution in [0.15, 0.2) is 5.38 Å². The predicted octanol–water partition coefficient (Wildman–Crippen LogP) is 3.25. The Balaban J connectivity index is 2.66. The van der Waals surface area contributed by atoms with Gasteiger partial charge in [-0.25, -0.2) is 9.78 Å². The van der Waals surface area contributed by atoms with Gasteiger partial charge in [-0.3, -0.25) is 4.79 Å². The topological polar surface area (TPSA) is 59.5 Å². The Kier molecular flexibility index (Phi) is 7.97. The second kappa shape index (κ2) is 9.50. The lowest BCUT2D eigenvalue weighted by Gasteiger charge is -2.20. The van der Waals surface area contributed by atoms with Crippen molar-refractivity contribution in [3.8, 4) is 0 Å². The van der Waals surface area contributed by atoms with Crippen LogP contribution in [0.25, 0.3) is 0 Å². The average molecular weight is 312 g/mol. The standard InChI is InChI=1S/C15H24N2O3S/c1-4-7-8-14(18)17(9-5-2)10-13-16-12(11-21-13)15(19)20-6-3/h11H,4-10H2,1-3H3. The highest BCUT2D eigenvalue weighted by molar-refractivity contribution is 7.09. The first-order valence-corrected chi connectivity index (χ1v) is 8.39. The highest BCUT2D eigenvalue weighted by atomic mass is 32.1. The van der Waals surface area contributed by atoms with Crippen molar-refractivity contribution in [3.05, 3.63) is 16.1 Å². The molecule has 5 nitrogen and oxygen atoms in total. The molecule has 0 aliphatic heterocycles. The van der Waals surface area contributed by atoms with E-state index < -0.39 is 5.97 Å². The number of aromatic nitrogens is 1. The fraction of sp³-hybridized carbons (Fsp3) is 0.667. The van der Waals surface area contributed by atoms with Crippen molar-refractivity contribution in [1.82, 2.24) is 9.88 Å². The first-order valence-electron chi connectivity index (χ1n) is 7.51. The molecule has 1 aromatic rings. The predicted molar refractivity (Wildman–Crippen MR) is 83.3 cm³/mol. The Bertz CT molecular complexity index is 460. The number of ether oxygens (including phenoxy) is 1. The van der Waals surface area contributed by atoms with Gasteiger partial charge in [0.2, 0.25) is 5.91 Å². The zero-order chi connectivity index (χ0) is 15.7. The van der Waals surface area contributed by atoms with E-state index in [1.165, 1.54) is 11.3 Å². The van der Waals surface area contributed by atoms with E-state index >= 15 is 0 Å². The molecule has 1 rings (SSSR count). The van der Waals surface area contributed by atoms with Gasteiger partial charge in [0.1, 0.15) is 5.01 Å². The maximum Gasteiger partial charge on any atom is 0.357 e. The minimum Gasteiger partial charge on any atom is -0.461 e. The third kappa shape index (κ3) is 5.83. The molecule has 1 aromatic heterocycles. The van der Waals surface area contributed by atoms with E-state index in [1.807, 2.05) is 11.8 Å². The van der Waals surface area contributed by atoms with E-state index in [-0.39, 0.29) is 5.91 Å². The molecule has 0 unspecified atom stereocenters. The molecule has 118 valence electrons. The van der Waals surface area contributed by atoms with Gasteiger partial charge < -0.3 is 9.64 Å². The van der Waals surface area contributed by atoms with Crippen LogP contribution in [0.2, 0.25) is 0 Å². The first-order chi connectivity index (χ1) is 10.1. The van der Waals surface area contributed by atoms with Crippen molar-refractivity contribution in [3.63, 3.8) is 0 Å². The van der Waals surface area contributed by atoms with Gasteiger partial charge in [0.15, 0.2) is 5.69 Å². The van der Waals surface area contributed by atoms with Gasteiger partial charge in [-0.1, -0.05) is 20.3 Å². The largest absolute Gasteiger partial charge is 0.461 e. The molecule has 1 heterocycles. The second-order valence-electron chi connectivity index (χ2n) is 4.77. The van der Waals surface area contributed by atoms with Crippen LogP contribution < -0.4 is 0 Å². The Morgan fingerprint density at radius 1 is 1.29 bits per heavy atom. The quantitative estimate of drug-likeness (QED) is 0.657. The summed E-state index contributed by atoms with van der Waals surface area (Å²) in [6.45, 7) is 7.41. The lowest BCUT2D eigenvalue weighted by atomic mass is 10.2. The number of esters is 1. The molecule has 0 N–H and O–H groups in total. The molecule has 0 saturated carbocycles. The average Bonchev–Trinajstić information content (AvgIpc) is 2.93. The summed E-state index contributed by atoms with van der Waals surface area (Å²) in [6.07, 6.45) is 3.40. The fourth-order valence-corrected chi connectivity index (χ4v) is 2.67. The van der Waals surface area contributed by atoms with Crippen LogP contribution in [0, 0.1) is 0 Å². The van der Waals surface area contributed by atoms with E-state index in [2.05, 4.69) is 11.9 Å². The highest BCUT2D eigenvalue weighted by Crippen LogP contribution is 2.15. The molecular weight excluding hydrogens is 288 g/mol. The van der Waals surface area contributed by atoms with Crippen molar-refractivity contribution in [2.24, 2.45) is 0 Å². The van der Waals surface area contributed by atoms with Crippen LogP contribution in [0.3, 0.4) is 0 Å². The van der Waals surface area contributed by atoms with Gasteiger partial charge >= 0.3 is 5.97 Å². The molecule has 0 radical (unpaired) electrons. The highest BCUT2D eigenvalue weighted by Gasteiger charge is 2.17. The summed E-state index contributed by atoms with van der Waals surface area (Å²) in [7, 11) is 0. The van der Waals surface area contributed by atoms with Crippen molar-refractivity contribution in [2.45, 2.75) is 53.0 Å². The molecule has 0 atom stereocenters. The molecule has 0 fully saturated rings. The van der Waals surface area contributed by atoms with Crippen molar-refractivity contribution in [2.75, 3.05) is 13.2 Å². The zero-order valence-electron chi connectivity index (χ0n) is 13.1. The zero-order valence-corrected chi connectivity index (χ0v) is 13.9. The van der Waals surface area contributed by atoms with Crippen molar-refractivity contribution in [1.29, 1.82) is 0 Å². The van der Waals surface area contributed by atoms with Gasteiger partial charge in [-0.15, -0.1) is 11.3 Å². The maximum atomic E-state index is 12.2. The van der Waals surface area contributed by atoms with Gasteiger partial charge in [-0.05, 0) is 19.8 Å². The molecule has 21 heavy (non-hydrogen) atoms. The summed E-state index contributed by atoms with van der Waals surface area (Å²) in [5.74, 6) is -0.245. The van der Waals surface area contributed by atoms with Gasteiger partial charge in [0, 0.05) is 18.3 Å². The Morgan fingerprint density at radius 2 is 2.05 bits per heavy atom. The maximum absolute atomic E-state index is 12.2. The number of hydrogen-bond acceptors (Lipinski definition) is 5. The van der Waals surface area contributed by atoms with Crippen molar-refractivity contribution < 1.29 is 14.3 Å². The van der Waals surface area contributed by atoms with Crippen LogP contribution in [0.4, 0.5) is 0 Å². The van der Waals surface area contributed by atoms with Crippen LogP contribution in [-0.4, -0.2) is 34.9 Å². The van der Waals surface area contributed by atoms with Crippen LogP contribution >= 0.6 is 11.3 Å². The molecule has 1 amide bonds. The number of amides is 1. The number of thiazole rings is 1. The molecule has 0 spiro atoms. The van der Waals surface area contributed by atoms with Gasteiger partial charge in [-0.2, -0.15) is 0 Å². The summed E-state index contributed by atoms with van der Waals surface area (Å²) in [5, 5.41) is 2.46. The molecule has 6 heteroatoms. The van der Waals surface area contributed by atoms with Crippen LogP contribution in [0.1, 0.15) is 62.0 Å². The third-order valence-electron chi connectivity index (χ3n) is 2.95.